The number of hydrogen-bond donors (Lipinski definition) is 1. The molecule has 1 unspecified atom stereocenters. The van der Waals surface area contributed by atoms with Crippen molar-refractivity contribution in [1.29, 1.82) is 0 Å². The summed E-state index contributed by atoms with van der Waals surface area (Å²) in [4.78, 5) is 2.16. The van der Waals surface area contributed by atoms with Crippen molar-refractivity contribution < 1.29 is 21.9 Å². The molecule has 4 rings (SSSR count). The molecule has 6 nitrogen and oxygen atoms in total. The molecule has 9 heteroatoms. The molecule has 2 atom stereocenters. The Labute approximate surface area is 176 Å². The van der Waals surface area contributed by atoms with E-state index in [0.717, 1.165) is 42.7 Å². The fourth-order valence-electron chi connectivity index (χ4n) is 4.64. The Morgan fingerprint density at radius 1 is 1.20 bits per heavy atom. The lowest BCUT2D eigenvalue weighted by atomic mass is 9.76. The molecule has 1 aromatic rings. The maximum atomic E-state index is 13.1. The van der Waals surface area contributed by atoms with Crippen LogP contribution in [0.15, 0.2) is 41.1 Å². The van der Waals surface area contributed by atoms with E-state index in [1.54, 1.807) is 12.1 Å². The van der Waals surface area contributed by atoms with E-state index in [1.165, 1.54) is 12.1 Å². The highest BCUT2D eigenvalue weighted by atomic mass is 32.2. The standard InChI is InChI=1S/C21H29F2N3O3S/c1-15-12-25(2)20(11-19(15)16-6-8-29-9-7-16)24-17-4-3-5-18(10-17)30(27,28)26-13-21(22,23)14-26/h3-5,10-11,15-16,19,24H,6-9,12-14H2,1-2H3/t15-,19?/m0/s1. The second-order valence-corrected chi connectivity index (χ2v) is 10.7. The van der Waals surface area contributed by atoms with Crippen LogP contribution in [0.3, 0.4) is 0 Å². The molecule has 0 amide bonds. The van der Waals surface area contributed by atoms with Crippen LogP contribution in [-0.2, 0) is 14.8 Å². The van der Waals surface area contributed by atoms with E-state index >= 15 is 0 Å². The van der Waals surface area contributed by atoms with Crippen molar-refractivity contribution in [2.45, 2.75) is 30.6 Å². The van der Waals surface area contributed by atoms with Crippen LogP contribution < -0.4 is 5.32 Å². The Hall–Kier alpha value is -1.71. The van der Waals surface area contributed by atoms with Gasteiger partial charge in [-0.3, -0.25) is 0 Å². The number of allylic oxidation sites excluding steroid dienone is 1. The summed E-state index contributed by atoms with van der Waals surface area (Å²) in [6.07, 6.45) is 4.36. The topological polar surface area (TPSA) is 61.9 Å². The SMILES string of the molecule is C[C@H]1CN(C)C(Nc2cccc(S(=O)(=O)N3CC(F)(F)C3)c2)=CC1C1CCOCC1. The summed E-state index contributed by atoms with van der Waals surface area (Å²) in [5.74, 6) is -0.464. The first-order valence-electron chi connectivity index (χ1n) is 10.4. The number of alkyl halides is 2. The van der Waals surface area contributed by atoms with Crippen LogP contribution in [0.4, 0.5) is 14.5 Å². The van der Waals surface area contributed by atoms with Crippen molar-refractivity contribution >= 4 is 15.7 Å². The highest BCUT2D eigenvalue weighted by molar-refractivity contribution is 7.89. The highest BCUT2D eigenvalue weighted by Gasteiger charge is 2.49. The fourth-order valence-corrected chi connectivity index (χ4v) is 6.18. The molecule has 0 radical (unpaired) electrons. The Morgan fingerprint density at radius 3 is 2.57 bits per heavy atom. The molecule has 2 saturated heterocycles. The molecule has 3 aliphatic rings. The first-order valence-corrected chi connectivity index (χ1v) is 11.9. The van der Waals surface area contributed by atoms with Gasteiger partial charge in [0.1, 0.15) is 5.82 Å². The van der Waals surface area contributed by atoms with Crippen LogP contribution >= 0.6 is 0 Å². The van der Waals surface area contributed by atoms with E-state index in [0.29, 0.717) is 23.4 Å². The molecule has 0 aromatic heterocycles. The van der Waals surface area contributed by atoms with Gasteiger partial charge in [-0.25, -0.2) is 17.2 Å². The summed E-state index contributed by atoms with van der Waals surface area (Å²) in [6.45, 7) is 3.25. The van der Waals surface area contributed by atoms with Gasteiger partial charge in [-0.2, -0.15) is 4.31 Å². The molecule has 30 heavy (non-hydrogen) atoms. The van der Waals surface area contributed by atoms with Crippen LogP contribution in [-0.4, -0.2) is 63.4 Å². The number of anilines is 1. The molecule has 0 aliphatic carbocycles. The smallest absolute Gasteiger partial charge is 0.275 e. The van der Waals surface area contributed by atoms with Gasteiger partial charge < -0.3 is 15.0 Å². The van der Waals surface area contributed by atoms with Gasteiger partial charge in [0, 0.05) is 32.5 Å². The summed E-state index contributed by atoms with van der Waals surface area (Å²) in [5, 5.41) is 3.35. The van der Waals surface area contributed by atoms with Gasteiger partial charge in [0.05, 0.1) is 18.0 Å². The lowest BCUT2D eigenvalue weighted by molar-refractivity contribution is -0.0945. The average Bonchev–Trinajstić information content (AvgIpc) is 2.69. The summed E-state index contributed by atoms with van der Waals surface area (Å²) >= 11 is 0. The van der Waals surface area contributed by atoms with Crippen molar-refractivity contribution in [3.05, 3.63) is 36.2 Å². The number of nitrogens with one attached hydrogen (secondary N) is 1. The van der Waals surface area contributed by atoms with Gasteiger partial charge in [-0.05, 0) is 54.9 Å². The predicted molar refractivity (Wildman–Crippen MR) is 111 cm³/mol. The molecule has 166 valence electrons. The number of rotatable bonds is 5. The zero-order chi connectivity index (χ0) is 21.5. The van der Waals surface area contributed by atoms with E-state index in [9.17, 15) is 17.2 Å². The number of ether oxygens (including phenoxy) is 1. The van der Waals surface area contributed by atoms with E-state index in [1.807, 2.05) is 7.05 Å². The Bertz CT molecular complexity index is 908. The second-order valence-electron chi connectivity index (χ2n) is 8.72. The molecular weight excluding hydrogens is 412 g/mol. The van der Waals surface area contributed by atoms with Crippen molar-refractivity contribution in [3.63, 3.8) is 0 Å². The van der Waals surface area contributed by atoms with Crippen molar-refractivity contribution in [3.8, 4) is 0 Å². The first-order chi connectivity index (χ1) is 14.2. The summed E-state index contributed by atoms with van der Waals surface area (Å²) < 4.78 is 57.9. The average molecular weight is 442 g/mol. The minimum absolute atomic E-state index is 0.0245. The summed E-state index contributed by atoms with van der Waals surface area (Å²) in [7, 11) is -1.91. The van der Waals surface area contributed by atoms with Crippen molar-refractivity contribution in [1.82, 2.24) is 9.21 Å². The number of benzene rings is 1. The zero-order valence-corrected chi connectivity index (χ0v) is 18.2. The van der Waals surface area contributed by atoms with Gasteiger partial charge in [0.25, 0.3) is 5.92 Å². The van der Waals surface area contributed by atoms with Gasteiger partial charge in [-0.1, -0.05) is 13.0 Å². The van der Waals surface area contributed by atoms with Gasteiger partial charge in [0.2, 0.25) is 10.0 Å². The van der Waals surface area contributed by atoms with Gasteiger partial charge >= 0.3 is 0 Å². The minimum Gasteiger partial charge on any atom is -0.381 e. The van der Waals surface area contributed by atoms with E-state index < -0.39 is 29.0 Å². The normalized spacial score (nSPS) is 28.0. The molecule has 3 heterocycles. The Morgan fingerprint density at radius 2 is 1.90 bits per heavy atom. The molecule has 0 saturated carbocycles. The minimum atomic E-state index is -3.92. The predicted octanol–water partition coefficient (Wildman–Crippen LogP) is 3.20. The summed E-state index contributed by atoms with van der Waals surface area (Å²) in [5.41, 5.74) is 0.627. The van der Waals surface area contributed by atoms with Crippen LogP contribution in [0, 0.1) is 17.8 Å². The van der Waals surface area contributed by atoms with Crippen molar-refractivity contribution in [2.75, 3.05) is 45.2 Å². The number of nitrogens with zero attached hydrogens (tertiary/aromatic N) is 2. The largest absolute Gasteiger partial charge is 0.381 e. The summed E-state index contributed by atoms with van der Waals surface area (Å²) in [6, 6.07) is 6.39. The third-order valence-corrected chi connectivity index (χ3v) is 8.14. The Kier molecular flexibility index (Phi) is 5.80. The Balaban J connectivity index is 1.52. The van der Waals surface area contributed by atoms with E-state index in [2.05, 4.69) is 23.2 Å². The monoisotopic (exact) mass is 441 g/mol. The van der Waals surface area contributed by atoms with Crippen LogP contribution in [0.2, 0.25) is 0 Å². The van der Waals surface area contributed by atoms with E-state index in [-0.39, 0.29) is 4.90 Å². The quantitative estimate of drug-likeness (QED) is 0.760. The molecule has 2 fully saturated rings. The lowest BCUT2D eigenvalue weighted by Gasteiger charge is -2.40. The lowest BCUT2D eigenvalue weighted by Crippen LogP contribution is -2.58. The zero-order valence-electron chi connectivity index (χ0n) is 17.4. The molecular formula is C21H29F2N3O3S. The molecule has 1 aromatic carbocycles. The number of halogens is 2. The van der Waals surface area contributed by atoms with Crippen LogP contribution in [0.5, 0.6) is 0 Å². The van der Waals surface area contributed by atoms with E-state index in [4.69, 9.17) is 4.74 Å². The third kappa shape index (κ3) is 4.33. The van der Waals surface area contributed by atoms with Crippen molar-refractivity contribution in [2.24, 2.45) is 17.8 Å². The number of hydrogen-bond acceptors (Lipinski definition) is 5. The molecule has 0 spiro atoms. The second kappa shape index (κ2) is 8.09. The molecule has 0 bridgehead atoms. The van der Waals surface area contributed by atoms with Gasteiger partial charge in [0.15, 0.2) is 0 Å². The van der Waals surface area contributed by atoms with Gasteiger partial charge in [-0.15, -0.1) is 0 Å². The maximum absolute atomic E-state index is 13.1. The molecule has 1 N–H and O–H groups in total. The maximum Gasteiger partial charge on any atom is 0.275 e. The van der Waals surface area contributed by atoms with Crippen LogP contribution in [0.25, 0.3) is 0 Å². The third-order valence-electron chi connectivity index (χ3n) is 6.35. The van der Waals surface area contributed by atoms with Crippen LogP contribution in [0.1, 0.15) is 19.8 Å². The fraction of sp³-hybridized carbons (Fsp3) is 0.619. The highest BCUT2D eigenvalue weighted by Crippen LogP contribution is 2.36. The number of sulfonamides is 1. The molecule has 3 aliphatic heterocycles. The first kappa shape index (κ1) is 21.5.